The van der Waals surface area contributed by atoms with Gasteiger partial charge < -0.3 is 14.8 Å². The zero-order valence-corrected chi connectivity index (χ0v) is 14.1. The number of ether oxygens (including phenoxy) is 2. The monoisotopic (exact) mass is 288 g/mol. The van der Waals surface area contributed by atoms with Crippen molar-refractivity contribution in [2.75, 3.05) is 53.1 Å². The van der Waals surface area contributed by atoms with Crippen LogP contribution >= 0.6 is 0 Å². The van der Waals surface area contributed by atoms with E-state index in [1.54, 1.807) is 7.11 Å². The summed E-state index contributed by atoms with van der Waals surface area (Å²) in [5.74, 6) is 0. The molecule has 0 aromatic carbocycles. The number of unbranched alkanes of at least 4 members (excludes halogenated alkanes) is 1. The molecule has 0 bridgehead atoms. The fourth-order valence-corrected chi connectivity index (χ4v) is 2.33. The minimum Gasteiger partial charge on any atom is -0.383 e. The Hall–Kier alpha value is -0.160. The molecule has 0 rings (SSSR count). The third-order valence-corrected chi connectivity index (χ3v) is 3.68. The summed E-state index contributed by atoms with van der Waals surface area (Å²) in [6.07, 6.45) is 4.79. The summed E-state index contributed by atoms with van der Waals surface area (Å²) in [6.45, 7) is 13.3. The standard InChI is InChI=1S/C16H36N2O2/c1-5-8-13-20-14-10-17-9-11-18(12-15-19-4)16(6-2)7-3/h16-17H,5-15H2,1-4H3. The predicted molar refractivity (Wildman–Crippen MR) is 86.4 cm³/mol. The van der Waals surface area contributed by atoms with Gasteiger partial charge in [0.15, 0.2) is 0 Å². The molecule has 4 nitrogen and oxygen atoms in total. The first kappa shape index (κ1) is 19.8. The molecule has 0 aliphatic carbocycles. The van der Waals surface area contributed by atoms with Crippen LogP contribution in [0.15, 0.2) is 0 Å². The smallest absolute Gasteiger partial charge is 0.0590 e. The Balaban J connectivity index is 3.67. The first-order chi connectivity index (χ1) is 9.79. The van der Waals surface area contributed by atoms with Gasteiger partial charge in [-0.2, -0.15) is 0 Å². The van der Waals surface area contributed by atoms with Gasteiger partial charge in [0, 0.05) is 45.9 Å². The van der Waals surface area contributed by atoms with Gasteiger partial charge >= 0.3 is 0 Å². The molecule has 0 spiro atoms. The van der Waals surface area contributed by atoms with Crippen LogP contribution in [0.5, 0.6) is 0 Å². The van der Waals surface area contributed by atoms with E-state index in [1.165, 1.54) is 25.7 Å². The van der Waals surface area contributed by atoms with E-state index in [-0.39, 0.29) is 0 Å². The molecule has 0 heterocycles. The Morgan fingerprint density at radius 2 is 1.70 bits per heavy atom. The summed E-state index contributed by atoms with van der Waals surface area (Å²) in [6, 6.07) is 0.674. The molecular formula is C16H36N2O2. The Kier molecular flexibility index (Phi) is 15.1. The Labute approximate surface area is 126 Å². The molecule has 0 aromatic rings. The maximum Gasteiger partial charge on any atom is 0.0590 e. The second-order valence-corrected chi connectivity index (χ2v) is 5.22. The van der Waals surface area contributed by atoms with Gasteiger partial charge in [0.2, 0.25) is 0 Å². The lowest BCUT2D eigenvalue weighted by atomic mass is 10.1. The second-order valence-electron chi connectivity index (χ2n) is 5.22. The molecule has 20 heavy (non-hydrogen) atoms. The SMILES string of the molecule is CCCCOCCNCCN(CCOC)C(CC)CC. The van der Waals surface area contributed by atoms with E-state index < -0.39 is 0 Å². The number of methoxy groups -OCH3 is 1. The molecule has 0 aromatic heterocycles. The molecule has 0 fully saturated rings. The van der Waals surface area contributed by atoms with E-state index in [0.29, 0.717) is 6.04 Å². The zero-order valence-electron chi connectivity index (χ0n) is 14.1. The van der Waals surface area contributed by atoms with Crippen LogP contribution in [0.1, 0.15) is 46.5 Å². The first-order valence-electron chi connectivity index (χ1n) is 8.31. The third kappa shape index (κ3) is 10.6. The van der Waals surface area contributed by atoms with Crippen LogP contribution in [0.25, 0.3) is 0 Å². The molecule has 0 atom stereocenters. The quantitative estimate of drug-likeness (QED) is 0.470. The fourth-order valence-electron chi connectivity index (χ4n) is 2.33. The van der Waals surface area contributed by atoms with Crippen LogP contribution in [-0.4, -0.2) is 64.1 Å². The van der Waals surface area contributed by atoms with Gasteiger partial charge in [-0.3, -0.25) is 4.90 Å². The van der Waals surface area contributed by atoms with Crippen molar-refractivity contribution < 1.29 is 9.47 Å². The topological polar surface area (TPSA) is 33.7 Å². The van der Waals surface area contributed by atoms with E-state index >= 15 is 0 Å². The largest absolute Gasteiger partial charge is 0.383 e. The lowest BCUT2D eigenvalue weighted by molar-refractivity contribution is 0.112. The van der Waals surface area contributed by atoms with Crippen molar-refractivity contribution in [1.29, 1.82) is 0 Å². The van der Waals surface area contributed by atoms with E-state index in [1.807, 2.05) is 0 Å². The van der Waals surface area contributed by atoms with Crippen molar-refractivity contribution in [3.63, 3.8) is 0 Å². The van der Waals surface area contributed by atoms with Crippen LogP contribution in [0, 0.1) is 0 Å². The second kappa shape index (κ2) is 15.2. The number of rotatable bonds is 15. The summed E-state index contributed by atoms with van der Waals surface area (Å²) in [7, 11) is 1.77. The molecule has 0 aliphatic rings. The highest BCUT2D eigenvalue weighted by Gasteiger charge is 2.13. The van der Waals surface area contributed by atoms with Crippen LogP contribution in [-0.2, 0) is 9.47 Å². The van der Waals surface area contributed by atoms with Crippen molar-refractivity contribution in [3.05, 3.63) is 0 Å². The Morgan fingerprint density at radius 1 is 0.950 bits per heavy atom. The Bertz CT molecular complexity index is 187. The Morgan fingerprint density at radius 3 is 2.30 bits per heavy atom. The molecule has 0 amide bonds. The highest BCUT2D eigenvalue weighted by molar-refractivity contribution is 4.70. The molecule has 122 valence electrons. The number of nitrogens with zero attached hydrogens (tertiary/aromatic N) is 1. The van der Waals surface area contributed by atoms with Gasteiger partial charge in [-0.05, 0) is 19.3 Å². The van der Waals surface area contributed by atoms with Crippen molar-refractivity contribution in [2.24, 2.45) is 0 Å². The average Bonchev–Trinajstić information content (AvgIpc) is 2.47. The molecule has 0 saturated carbocycles. The van der Waals surface area contributed by atoms with Crippen LogP contribution < -0.4 is 5.32 Å². The predicted octanol–water partition coefficient (Wildman–Crippen LogP) is 2.53. The van der Waals surface area contributed by atoms with E-state index in [0.717, 1.165) is 46.0 Å². The summed E-state index contributed by atoms with van der Waals surface area (Å²) in [5, 5.41) is 3.46. The molecule has 0 saturated heterocycles. The summed E-state index contributed by atoms with van der Waals surface area (Å²) in [4.78, 5) is 2.54. The van der Waals surface area contributed by atoms with Crippen LogP contribution in [0.4, 0.5) is 0 Å². The molecule has 0 radical (unpaired) electrons. The minimum atomic E-state index is 0.674. The lowest BCUT2D eigenvalue weighted by Gasteiger charge is -2.30. The van der Waals surface area contributed by atoms with E-state index in [9.17, 15) is 0 Å². The summed E-state index contributed by atoms with van der Waals surface area (Å²) < 4.78 is 10.8. The van der Waals surface area contributed by atoms with Gasteiger partial charge in [0.05, 0.1) is 13.2 Å². The van der Waals surface area contributed by atoms with Gasteiger partial charge in [-0.15, -0.1) is 0 Å². The molecule has 4 heteroatoms. The molecule has 1 N–H and O–H groups in total. The van der Waals surface area contributed by atoms with Gasteiger partial charge in [0.25, 0.3) is 0 Å². The van der Waals surface area contributed by atoms with Crippen molar-refractivity contribution in [1.82, 2.24) is 10.2 Å². The van der Waals surface area contributed by atoms with Crippen LogP contribution in [0.2, 0.25) is 0 Å². The molecule has 0 unspecified atom stereocenters. The fraction of sp³-hybridized carbons (Fsp3) is 1.00. The van der Waals surface area contributed by atoms with Crippen molar-refractivity contribution in [3.8, 4) is 0 Å². The average molecular weight is 288 g/mol. The third-order valence-electron chi connectivity index (χ3n) is 3.68. The maximum absolute atomic E-state index is 5.54. The van der Waals surface area contributed by atoms with Crippen molar-refractivity contribution in [2.45, 2.75) is 52.5 Å². The minimum absolute atomic E-state index is 0.674. The van der Waals surface area contributed by atoms with Gasteiger partial charge in [-0.1, -0.05) is 27.2 Å². The summed E-state index contributed by atoms with van der Waals surface area (Å²) in [5.41, 5.74) is 0. The highest BCUT2D eigenvalue weighted by atomic mass is 16.5. The highest BCUT2D eigenvalue weighted by Crippen LogP contribution is 2.07. The van der Waals surface area contributed by atoms with E-state index in [2.05, 4.69) is 31.0 Å². The number of nitrogens with one attached hydrogen (secondary N) is 1. The number of hydrogen-bond acceptors (Lipinski definition) is 4. The van der Waals surface area contributed by atoms with Crippen LogP contribution in [0.3, 0.4) is 0 Å². The zero-order chi connectivity index (χ0) is 15.1. The van der Waals surface area contributed by atoms with Gasteiger partial charge in [-0.25, -0.2) is 0 Å². The lowest BCUT2D eigenvalue weighted by Crippen LogP contribution is -2.41. The van der Waals surface area contributed by atoms with Gasteiger partial charge in [0.1, 0.15) is 0 Å². The maximum atomic E-state index is 5.54. The van der Waals surface area contributed by atoms with E-state index in [4.69, 9.17) is 9.47 Å². The first-order valence-corrected chi connectivity index (χ1v) is 8.31. The number of hydrogen-bond donors (Lipinski definition) is 1. The van der Waals surface area contributed by atoms with Crippen molar-refractivity contribution >= 4 is 0 Å². The summed E-state index contributed by atoms with van der Waals surface area (Å²) >= 11 is 0. The normalized spacial score (nSPS) is 11.7. The molecular weight excluding hydrogens is 252 g/mol. The molecule has 0 aliphatic heterocycles.